The minimum atomic E-state index is -0.281. The highest BCUT2D eigenvalue weighted by atomic mass is 35.5. The number of rotatable bonds is 3. The van der Waals surface area contributed by atoms with Crippen molar-refractivity contribution >= 4 is 51.5 Å². The second-order valence-electron chi connectivity index (χ2n) is 5.52. The minimum absolute atomic E-state index is 0.281. The predicted octanol–water partition coefficient (Wildman–Crippen LogP) is 5.46. The highest BCUT2D eigenvalue weighted by molar-refractivity contribution is 7.16. The summed E-state index contributed by atoms with van der Waals surface area (Å²) in [5.74, 6) is -0.281. The lowest BCUT2D eigenvalue weighted by Crippen LogP contribution is -2.07. The number of carbonyl (C=O) groups excluding carboxylic acids is 1. The van der Waals surface area contributed by atoms with Crippen molar-refractivity contribution in [3.8, 4) is 6.07 Å². The number of amides is 1. The third-order valence-electron chi connectivity index (χ3n) is 3.90. The smallest absolute Gasteiger partial charge is 0.249 e. The first-order valence-corrected chi connectivity index (χ1v) is 9.14. The number of nitriles is 1. The summed E-state index contributed by atoms with van der Waals surface area (Å²) in [5, 5.41) is 13.9. The Bertz CT molecular complexity index is 865. The SMILES string of the molecule is N#Cc1c(NC(=O)/C=C/c2ccc(Cl)cc2Cl)sc2c1CCCC2. The van der Waals surface area contributed by atoms with E-state index in [4.69, 9.17) is 23.2 Å². The number of halogens is 2. The van der Waals surface area contributed by atoms with Gasteiger partial charge in [0.05, 0.1) is 5.56 Å². The number of nitrogens with zero attached hydrogens (tertiary/aromatic N) is 1. The molecule has 3 rings (SSSR count). The molecular formula is C18H14Cl2N2OS. The Morgan fingerprint density at radius 2 is 2.08 bits per heavy atom. The van der Waals surface area contributed by atoms with Crippen LogP contribution in [0.15, 0.2) is 24.3 Å². The molecule has 6 heteroatoms. The van der Waals surface area contributed by atoms with E-state index in [1.165, 1.54) is 22.3 Å². The maximum atomic E-state index is 12.2. The van der Waals surface area contributed by atoms with Gasteiger partial charge >= 0.3 is 0 Å². The van der Waals surface area contributed by atoms with Gasteiger partial charge in [0, 0.05) is 21.0 Å². The van der Waals surface area contributed by atoms with Crippen molar-refractivity contribution in [2.75, 3.05) is 5.32 Å². The lowest BCUT2D eigenvalue weighted by atomic mass is 9.96. The molecule has 1 aromatic carbocycles. The monoisotopic (exact) mass is 376 g/mol. The molecule has 122 valence electrons. The zero-order chi connectivity index (χ0) is 17.1. The molecule has 0 spiro atoms. The van der Waals surface area contributed by atoms with Crippen LogP contribution in [0.3, 0.4) is 0 Å². The van der Waals surface area contributed by atoms with E-state index in [9.17, 15) is 10.1 Å². The predicted molar refractivity (Wildman–Crippen MR) is 99.8 cm³/mol. The van der Waals surface area contributed by atoms with Gasteiger partial charge in [0.1, 0.15) is 11.1 Å². The van der Waals surface area contributed by atoms with Crippen molar-refractivity contribution in [2.45, 2.75) is 25.7 Å². The summed E-state index contributed by atoms with van der Waals surface area (Å²) >= 11 is 13.4. The van der Waals surface area contributed by atoms with Gasteiger partial charge in [-0.3, -0.25) is 4.79 Å². The van der Waals surface area contributed by atoms with Crippen LogP contribution in [-0.4, -0.2) is 5.91 Å². The number of benzene rings is 1. The molecule has 0 saturated carbocycles. The first-order valence-electron chi connectivity index (χ1n) is 7.57. The quantitative estimate of drug-likeness (QED) is 0.723. The molecular weight excluding hydrogens is 363 g/mol. The first kappa shape index (κ1) is 17.0. The average molecular weight is 377 g/mol. The second kappa shape index (κ2) is 7.40. The molecule has 3 nitrogen and oxygen atoms in total. The molecule has 0 fully saturated rings. The summed E-state index contributed by atoms with van der Waals surface area (Å²) in [6.45, 7) is 0. The number of thiophene rings is 1. The number of aryl methyl sites for hydroxylation is 1. The third kappa shape index (κ3) is 3.64. The van der Waals surface area contributed by atoms with Crippen molar-refractivity contribution in [2.24, 2.45) is 0 Å². The average Bonchev–Trinajstić information content (AvgIpc) is 2.90. The van der Waals surface area contributed by atoms with Crippen molar-refractivity contribution in [1.82, 2.24) is 0 Å². The zero-order valence-corrected chi connectivity index (χ0v) is 15.1. The molecule has 0 radical (unpaired) electrons. The van der Waals surface area contributed by atoms with Crippen LogP contribution in [0.2, 0.25) is 10.0 Å². The van der Waals surface area contributed by atoms with E-state index in [-0.39, 0.29) is 5.91 Å². The van der Waals surface area contributed by atoms with Crippen LogP contribution in [0.1, 0.15) is 34.4 Å². The van der Waals surface area contributed by atoms with Crippen LogP contribution in [0, 0.1) is 11.3 Å². The summed E-state index contributed by atoms with van der Waals surface area (Å²) < 4.78 is 0. The Morgan fingerprint density at radius 3 is 2.83 bits per heavy atom. The van der Waals surface area contributed by atoms with Gasteiger partial charge in [0.15, 0.2) is 0 Å². The summed E-state index contributed by atoms with van der Waals surface area (Å²) in [5.41, 5.74) is 2.43. The zero-order valence-electron chi connectivity index (χ0n) is 12.7. The Balaban J connectivity index is 1.77. The Hall–Kier alpha value is -1.80. The van der Waals surface area contributed by atoms with Crippen molar-refractivity contribution in [3.63, 3.8) is 0 Å². The number of anilines is 1. The number of hydrogen-bond acceptors (Lipinski definition) is 3. The van der Waals surface area contributed by atoms with Crippen LogP contribution in [0.25, 0.3) is 6.08 Å². The Kier molecular flexibility index (Phi) is 5.25. The maximum absolute atomic E-state index is 12.2. The molecule has 1 aliphatic carbocycles. The van der Waals surface area contributed by atoms with E-state index in [0.717, 1.165) is 31.2 Å². The molecule has 1 aliphatic rings. The summed E-state index contributed by atoms with van der Waals surface area (Å²) in [6, 6.07) is 7.32. The van der Waals surface area contributed by atoms with Crippen molar-refractivity contribution in [3.05, 3.63) is 55.9 Å². The van der Waals surface area contributed by atoms with Crippen LogP contribution >= 0.6 is 34.5 Å². The fraction of sp³-hybridized carbons (Fsp3) is 0.222. The van der Waals surface area contributed by atoms with Gasteiger partial charge in [-0.05, 0) is 55.0 Å². The van der Waals surface area contributed by atoms with Crippen LogP contribution in [0.5, 0.6) is 0 Å². The summed E-state index contributed by atoms with van der Waals surface area (Å²) in [7, 11) is 0. The second-order valence-corrected chi connectivity index (χ2v) is 7.46. The summed E-state index contributed by atoms with van der Waals surface area (Å²) in [6.07, 6.45) is 7.19. The Labute approximate surface area is 154 Å². The van der Waals surface area contributed by atoms with Gasteiger partial charge in [-0.25, -0.2) is 0 Å². The molecule has 24 heavy (non-hydrogen) atoms. The van der Waals surface area contributed by atoms with Crippen LogP contribution < -0.4 is 5.32 Å². The maximum Gasteiger partial charge on any atom is 0.249 e. The number of nitrogens with one attached hydrogen (secondary N) is 1. The fourth-order valence-electron chi connectivity index (χ4n) is 2.73. The number of carbonyl (C=O) groups is 1. The van der Waals surface area contributed by atoms with Crippen molar-refractivity contribution < 1.29 is 4.79 Å². The van der Waals surface area contributed by atoms with E-state index in [0.29, 0.717) is 26.2 Å². The van der Waals surface area contributed by atoms with Crippen molar-refractivity contribution in [1.29, 1.82) is 5.26 Å². The minimum Gasteiger partial charge on any atom is -0.313 e. The standard InChI is InChI=1S/C18H14Cl2N2OS/c19-12-7-5-11(15(20)9-12)6-8-17(23)22-18-14(10-21)13-3-1-2-4-16(13)24-18/h5-9H,1-4H2,(H,22,23)/b8-6+. The van der Waals surface area contributed by atoms with Gasteiger partial charge in [-0.1, -0.05) is 29.3 Å². The summed E-state index contributed by atoms with van der Waals surface area (Å²) in [4.78, 5) is 13.4. The highest BCUT2D eigenvalue weighted by Crippen LogP contribution is 2.37. The van der Waals surface area contributed by atoms with E-state index >= 15 is 0 Å². The number of fused-ring (bicyclic) bond motifs is 1. The Morgan fingerprint density at radius 1 is 1.29 bits per heavy atom. The lowest BCUT2D eigenvalue weighted by molar-refractivity contribution is -0.111. The van der Waals surface area contributed by atoms with Gasteiger partial charge in [-0.15, -0.1) is 11.3 Å². The van der Waals surface area contributed by atoms with E-state index in [1.54, 1.807) is 24.3 Å². The molecule has 0 saturated heterocycles. The topological polar surface area (TPSA) is 52.9 Å². The molecule has 0 unspecified atom stereocenters. The van der Waals surface area contributed by atoms with Gasteiger partial charge in [0.25, 0.3) is 0 Å². The van der Waals surface area contributed by atoms with E-state index in [1.807, 2.05) is 0 Å². The van der Waals surface area contributed by atoms with Crippen LogP contribution in [-0.2, 0) is 17.6 Å². The molecule has 0 aliphatic heterocycles. The van der Waals surface area contributed by atoms with Gasteiger partial charge in [-0.2, -0.15) is 5.26 Å². The van der Waals surface area contributed by atoms with Crippen LogP contribution in [0.4, 0.5) is 5.00 Å². The lowest BCUT2D eigenvalue weighted by Gasteiger charge is -2.09. The van der Waals surface area contributed by atoms with E-state index in [2.05, 4.69) is 11.4 Å². The third-order valence-corrected chi connectivity index (χ3v) is 5.67. The molecule has 1 N–H and O–H groups in total. The normalized spacial score (nSPS) is 13.5. The fourth-order valence-corrected chi connectivity index (χ4v) is 4.44. The highest BCUT2D eigenvalue weighted by Gasteiger charge is 2.21. The van der Waals surface area contributed by atoms with Gasteiger partial charge in [0.2, 0.25) is 5.91 Å². The molecule has 2 aromatic rings. The molecule has 1 amide bonds. The molecule has 1 aromatic heterocycles. The number of hydrogen-bond donors (Lipinski definition) is 1. The molecule has 0 bridgehead atoms. The first-order chi connectivity index (χ1) is 11.6. The molecule has 0 atom stereocenters. The van der Waals surface area contributed by atoms with Gasteiger partial charge < -0.3 is 5.32 Å². The van der Waals surface area contributed by atoms with E-state index < -0.39 is 0 Å². The largest absolute Gasteiger partial charge is 0.313 e. The molecule has 1 heterocycles.